The number of thiophene rings is 1. The van der Waals surface area contributed by atoms with Crippen LogP contribution >= 0.6 is 11.3 Å². The van der Waals surface area contributed by atoms with E-state index in [-0.39, 0.29) is 0 Å². The van der Waals surface area contributed by atoms with Crippen molar-refractivity contribution in [1.82, 2.24) is 10.2 Å². The van der Waals surface area contributed by atoms with E-state index in [1.54, 1.807) is 0 Å². The first-order valence-corrected chi connectivity index (χ1v) is 8.76. The molecule has 1 aromatic heterocycles. The van der Waals surface area contributed by atoms with Crippen molar-refractivity contribution < 1.29 is 0 Å². The molecule has 2 atom stereocenters. The molecule has 0 aliphatic carbocycles. The Balaban J connectivity index is 1.87. The predicted molar refractivity (Wildman–Crippen MR) is 85.0 cm³/mol. The quantitative estimate of drug-likeness (QED) is 0.822. The molecule has 0 aromatic carbocycles. The van der Waals surface area contributed by atoms with Crippen molar-refractivity contribution in [2.75, 3.05) is 19.6 Å². The van der Waals surface area contributed by atoms with Crippen molar-refractivity contribution in [2.45, 2.75) is 58.0 Å². The molecule has 0 radical (unpaired) electrons. The van der Waals surface area contributed by atoms with Gasteiger partial charge in [0.1, 0.15) is 0 Å². The monoisotopic (exact) mass is 280 g/mol. The Morgan fingerprint density at radius 2 is 2.16 bits per heavy atom. The van der Waals surface area contributed by atoms with Gasteiger partial charge in [0.25, 0.3) is 0 Å². The fraction of sp³-hybridized carbons (Fsp3) is 0.750. The second-order valence-electron chi connectivity index (χ2n) is 5.71. The highest BCUT2D eigenvalue weighted by Gasteiger charge is 2.26. The molecule has 2 heterocycles. The van der Waals surface area contributed by atoms with E-state index in [2.05, 4.69) is 40.9 Å². The van der Waals surface area contributed by atoms with Crippen LogP contribution in [0.5, 0.6) is 0 Å². The molecule has 2 nitrogen and oxygen atoms in total. The average Bonchev–Trinajstić information content (AvgIpc) is 2.92. The van der Waals surface area contributed by atoms with Crippen LogP contribution in [0.4, 0.5) is 0 Å². The summed E-state index contributed by atoms with van der Waals surface area (Å²) in [5.74, 6) is 0. The summed E-state index contributed by atoms with van der Waals surface area (Å²) in [6.45, 7) is 8.23. The van der Waals surface area contributed by atoms with E-state index in [1.165, 1.54) is 57.3 Å². The number of hydrogen-bond acceptors (Lipinski definition) is 3. The summed E-state index contributed by atoms with van der Waals surface area (Å²) in [5.41, 5.74) is 1.51. The highest BCUT2D eigenvalue weighted by atomic mass is 32.1. The maximum atomic E-state index is 3.74. The molecule has 108 valence electrons. The molecule has 2 unspecified atom stereocenters. The van der Waals surface area contributed by atoms with Crippen LogP contribution < -0.4 is 5.32 Å². The molecule has 1 aliphatic rings. The third kappa shape index (κ3) is 4.59. The molecule has 1 aromatic rings. The summed E-state index contributed by atoms with van der Waals surface area (Å²) in [4.78, 5) is 2.73. The lowest BCUT2D eigenvalue weighted by Crippen LogP contribution is -2.56. The van der Waals surface area contributed by atoms with Crippen molar-refractivity contribution in [3.8, 4) is 0 Å². The topological polar surface area (TPSA) is 15.3 Å². The summed E-state index contributed by atoms with van der Waals surface area (Å²) in [6.07, 6.45) is 6.43. The second-order valence-corrected chi connectivity index (χ2v) is 6.49. The SMILES string of the molecule is CCCC1CN(CCc2ccsc2)C(CCC)CN1. The Kier molecular flexibility index (Phi) is 6.35. The second kappa shape index (κ2) is 8.03. The predicted octanol–water partition coefficient (Wildman–Crippen LogP) is 3.53. The van der Waals surface area contributed by atoms with Gasteiger partial charge in [-0.3, -0.25) is 4.90 Å². The lowest BCUT2D eigenvalue weighted by atomic mass is 10.0. The molecule has 0 bridgehead atoms. The number of rotatable bonds is 7. The van der Waals surface area contributed by atoms with Crippen LogP contribution in [-0.2, 0) is 6.42 Å². The first kappa shape index (κ1) is 15.0. The van der Waals surface area contributed by atoms with E-state index in [0.29, 0.717) is 6.04 Å². The summed E-state index contributed by atoms with van der Waals surface area (Å²) in [5, 5.41) is 8.22. The zero-order valence-electron chi connectivity index (χ0n) is 12.4. The molecule has 1 saturated heterocycles. The van der Waals surface area contributed by atoms with Crippen molar-refractivity contribution in [2.24, 2.45) is 0 Å². The van der Waals surface area contributed by atoms with Crippen LogP contribution in [-0.4, -0.2) is 36.6 Å². The van der Waals surface area contributed by atoms with Gasteiger partial charge < -0.3 is 5.32 Å². The Morgan fingerprint density at radius 1 is 1.32 bits per heavy atom. The maximum Gasteiger partial charge on any atom is 0.0221 e. The van der Waals surface area contributed by atoms with Crippen molar-refractivity contribution in [3.63, 3.8) is 0 Å². The largest absolute Gasteiger partial charge is 0.311 e. The van der Waals surface area contributed by atoms with E-state index in [4.69, 9.17) is 0 Å². The van der Waals surface area contributed by atoms with E-state index in [1.807, 2.05) is 11.3 Å². The minimum Gasteiger partial charge on any atom is -0.311 e. The number of piperazine rings is 1. The lowest BCUT2D eigenvalue weighted by molar-refractivity contribution is 0.120. The Labute approximate surface area is 122 Å². The molecular weight excluding hydrogens is 252 g/mol. The third-order valence-electron chi connectivity index (χ3n) is 4.14. The highest BCUT2D eigenvalue weighted by Crippen LogP contribution is 2.16. The molecule has 1 aliphatic heterocycles. The van der Waals surface area contributed by atoms with E-state index < -0.39 is 0 Å². The first-order chi connectivity index (χ1) is 9.33. The van der Waals surface area contributed by atoms with Gasteiger partial charge in [-0.1, -0.05) is 26.7 Å². The normalized spacial score (nSPS) is 24.7. The number of hydrogen-bond donors (Lipinski definition) is 1. The van der Waals surface area contributed by atoms with Crippen molar-refractivity contribution >= 4 is 11.3 Å². The van der Waals surface area contributed by atoms with Crippen molar-refractivity contribution in [1.29, 1.82) is 0 Å². The highest BCUT2D eigenvalue weighted by molar-refractivity contribution is 7.07. The van der Waals surface area contributed by atoms with Crippen LogP contribution in [0.3, 0.4) is 0 Å². The Hall–Kier alpha value is -0.380. The van der Waals surface area contributed by atoms with Crippen LogP contribution in [0.25, 0.3) is 0 Å². The van der Waals surface area contributed by atoms with Gasteiger partial charge in [0, 0.05) is 31.7 Å². The van der Waals surface area contributed by atoms with Crippen molar-refractivity contribution in [3.05, 3.63) is 22.4 Å². The minimum atomic E-state index is 0.709. The summed E-state index contributed by atoms with van der Waals surface area (Å²) in [7, 11) is 0. The average molecular weight is 280 g/mol. The minimum absolute atomic E-state index is 0.709. The van der Waals surface area contributed by atoms with Gasteiger partial charge in [-0.05, 0) is 41.7 Å². The number of nitrogens with zero attached hydrogens (tertiary/aromatic N) is 1. The first-order valence-electron chi connectivity index (χ1n) is 7.82. The molecule has 1 N–H and O–H groups in total. The lowest BCUT2D eigenvalue weighted by Gasteiger charge is -2.40. The van der Waals surface area contributed by atoms with Gasteiger partial charge in [0.2, 0.25) is 0 Å². The molecule has 3 heteroatoms. The van der Waals surface area contributed by atoms with E-state index in [9.17, 15) is 0 Å². The van der Waals surface area contributed by atoms with Crippen LogP contribution in [0, 0.1) is 0 Å². The van der Waals surface area contributed by atoms with Gasteiger partial charge in [0.05, 0.1) is 0 Å². The summed E-state index contributed by atoms with van der Waals surface area (Å²) >= 11 is 1.82. The van der Waals surface area contributed by atoms with Gasteiger partial charge in [-0.15, -0.1) is 0 Å². The molecule has 1 fully saturated rings. The molecule has 0 spiro atoms. The fourth-order valence-electron chi connectivity index (χ4n) is 3.07. The van der Waals surface area contributed by atoms with Gasteiger partial charge in [0.15, 0.2) is 0 Å². The van der Waals surface area contributed by atoms with Gasteiger partial charge >= 0.3 is 0 Å². The Morgan fingerprint density at radius 3 is 2.84 bits per heavy atom. The third-order valence-corrected chi connectivity index (χ3v) is 4.87. The molecule has 0 saturated carbocycles. The molecule has 2 rings (SSSR count). The zero-order valence-corrected chi connectivity index (χ0v) is 13.2. The van der Waals surface area contributed by atoms with Gasteiger partial charge in [-0.25, -0.2) is 0 Å². The standard InChI is InChI=1S/C16H28N2S/c1-3-5-15-12-18(16(6-4-2)11-17-15)9-7-14-8-10-19-13-14/h8,10,13,15-17H,3-7,9,11-12H2,1-2H3. The maximum absolute atomic E-state index is 3.74. The zero-order chi connectivity index (χ0) is 13.5. The van der Waals surface area contributed by atoms with Crippen LogP contribution in [0.1, 0.15) is 45.1 Å². The summed E-state index contributed by atoms with van der Waals surface area (Å²) < 4.78 is 0. The summed E-state index contributed by atoms with van der Waals surface area (Å²) in [6, 6.07) is 3.72. The van der Waals surface area contributed by atoms with Crippen LogP contribution in [0.2, 0.25) is 0 Å². The fourth-order valence-corrected chi connectivity index (χ4v) is 3.77. The molecule has 19 heavy (non-hydrogen) atoms. The molecular formula is C16H28N2S. The van der Waals surface area contributed by atoms with E-state index >= 15 is 0 Å². The smallest absolute Gasteiger partial charge is 0.0221 e. The van der Waals surface area contributed by atoms with E-state index in [0.717, 1.165) is 6.04 Å². The van der Waals surface area contributed by atoms with Crippen LogP contribution in [0.15, 0.2) is 16.8 Å². The number of nitrogens with one attached hydrogen (secondary N) is 1. The van der Waals surface area contributed by atoms with Gasteiger partial charge in [-0.2, -0.15) is 11.3 Å². The Bertz CT molecular complexity index is 337. The molecule has 0 amide bonds.